The summed E-state index contributed by atoms with van der Waals surface area (Å²) in [6, 6.07) is 7.05. The van der Waals surface area contributed by atoms with Gasteiger partial charge < -0.3 is 9.84 Å². The van der Waals surface area contributed by atoms with Crippen molar-refractivity contribution in [1.82, 2.24) is 5.32 Å². The van der Waals surface area contributed by atoms with E-state index in [-0.39, 0.29) is 0 Å². The maximum Gasteiger partial charge on any atom is 0.325 e. The van der Waals surface area contributed by atoms with E-state index in [0.29, 0.717) is 12.6 Å². The molecule has 98 valence electrons. The van der Waals surface area contributed by atoms with Crippen LogP contribution in [0.15, 0.2) is 24.3 Å². The fraction of sp³-hybridized carbons (Fsp3) is 0.500. The first-order valence-corrected chi connectivity index (χ1v) is 6.42. The lowest BCUT2D eigenvalue weighted by molar-refractivity contribution is -0.139. The molecule has 1 aromatic carbocycles. The molecule has 4 nitrogen and oxygen atoms in total. The van der Waals surface area contributed by atoms with Crippen molar-refractivity contribution in [2.24, 2.45) is 0 Å². The van der Waals surface area contributed by atoms with Gasteiger partial charge in [-0.05, 0) is 37.0 Å². The van der Waals surface area contributed by atoms with Crippen LogP contribution in [0.4, 0.5) is 0 Å². The molecule has 1 fully saturated rings. The molecule has 0 spiro atoms. The zero-order valence-electron chi connectivity index (χ0n) is 10.6. The molecule has 1 saturated carbocycles. The number of carboxylic acid groups (broad SMARTS) is 1. The van der Waals surface area contributed by atoms with Gasteiger partial charge in [-0.2, -0.15) is 0 Å². The molecule has 0 heterocycles. The van der Waals surface area contributed by atoms with E-state index in [2.05, 4.69) is 5.32 Å². The molecule has 2 N–H and O–H groups in total. The van der Waals surface area contributed by atoms with E-state index in [1.54, 1.807) is 0 Å². The van der Waals surface area contributed by atoms with Crippen LogP contribution in [0.5, 0.6) is 5.75 Å². The van der Waals surface area contributed by atoms with Gasteiger partial charge in [-0.3, -0.25) is 10.1 Å². The molecule has 2 rings (SSSR count). The van der Waals surface area contributed by atoms with Gasteiger partial charge >= 0.3 is 5.97 Å². The van der Waals surface area contributed by atoms with Gasteiger partial charge in [0.05, 0.1) is 6.61 Å². The highest BCUT2D eigenvalue weighted by atomic mass is 16.5. The second-order valence-corrected chi connectivity index (χ2v) is 4.63. The van der Waals surface area contributed by atoms with Crippen molar-refractivity contribution in [2.75, 3.05) is 6.61 Å². The molecule has 1 aliphatic rings. The first-order chi connectivity index (χ1) is 8.70. The SMILES string of the molecule is CCCOc1cccc(C(NC2CC2)C(=O)O)c1. The molecule has 1 atom stereocenters. The number of ether oxygens (including phenoxy) is 1. The van der Waals surface area contributed by atoms with Gasteiger partial charge in [0.25, 0.3) is 0 Å². The van der Waals surface area contributed by atoms with Gasteiger partial charge in [-0.25, -0.2) is 0 Å². The molecular weight excluding hydrogens is 230 g/mol. The normalized spacial score (nSPS) is 16.3. The van der Waals surface area contributed by atoms with Crippen molar-refractivity contribution < 1.29 is 14.6 Å². The van der Waals surface area contributed by atoms with E-state index < -0.39 is 12.0 Å². The van der Waals surface area contributed by atoms with Crippen molar-refractivity contribution in [2.45, 2.75) is 38.3 Å². The van der Waals surface area contributed by atoms with Crippen molar-refractivity contribution in [3.8, 4) is 5.75 Å². The molecule has 0 bridgehead atoms. The number of hydrogen-bond donors (Lipinski definition) is 2. The highest BCUT2D eigenvalue weighted by Crippen LogP contribution is 2.26. The van der Waals surface area contributed by atoms with E-state index in [4.69, 9.17) is 4.74 Å². The van der Waals surface area contributed by atoms with Crippen molar-refractivity contribution in [3.05, 3.63) is 29.8 Å². The fourth-order valence-corrected chi connectivity index (χ4v) is 1.80. The summed E-state index contributed by atoms with van der Waals surface area (Å²) in [5.74, 6) is -0.104. The number of hydrogen-bond acceptors (Lipinski definition) is 3. The van der Waals surface area contributed by atoms with Crippen molar-refractivity contribution in [3.63, 3.8) is 0 Å². The number of aliphatic carboxylic acids is 1. The molecule has 0 amide bonds. The van der Waals surface area contributed by atoms with E-state index >= 15 is 0 Å². The average molecular weight is 249 g/mol. The zero-order valence-corrected chi connectivity index (χ0v) is 10.6. The average Bonchev–Trinajstić information content (AvgIpc) is 3.17. The number of benzene rings is 1. The topological polar surface area (TPSA) is 58.6 Å². The lowest BCUT2D eigenvalue weighted by atomic mass is 10.1. The van der Waals surface area contributed by atoms with Gasteiger partial charge in [0.1, 0.15) is 11.8 Å². The lowest BCUT2D eigenvalue weighted by Crippen LogP contribution is -2.30. The Morgan fingerprint density at radius 2 is 2.33 bits per heavy atom. The molecule has 0 aromatic heterocycles. The van der Waals surface area contributed by atoms with Gasteiger partial charge in [0.15, 0.2) is 0 Å². The Kier molecular flexibility index (Phi) is 4.20. The minimum Gasteiger partial charge on any atom is -0.494 e. The number of carboxylic acids is 1. The number of nitrogens with one attached hydrogen (secondary N) is 1. The second kappa shape index (κ2) is 5.87. The first kappa shape index (κ1) is 12.9. The van der Waals surface area contributed by atoms with Gasteiger partial charge in [-0.1, -0.05) is 19.1 Å². The Morgan fingerprint density at radius 1 is 1.56 bits per heavy atom. The molecule has 0 radical (unpaired) electrons. The number of carbonyl (C=O) groups is 1. The zero-order chi connectivity index (χ0) is 13.0. The lowest BCUT2D eigenvalue weighted by Gasteiger charge is -2.15. The maximum absolute atomic E-state index is 11.3. The maximum atomic E-state index is 11.3. The van der Waals surface area contributed by atoms with Crippen LogP contribution in [-0.2, 0) is 4.79 Å². The van der Waals surface area contributed by atoms with E-state index in [9.17, 15) is 9.90 Å². The Bertz CT molecular complexity index is 415. The summed E-state index contributed by atoms with van der Waals surface area (Å²) in [5.41, 5.74) is 0.753. The molecular formula is C14H19NO3. The molecule has 0 saturated heterocycles. The Balaban J connectivity index is 2.10. The third-order valence-corrected chi connectivity index (χ3v) is 2.89. The Labute approximate surface area is 107 Å². The first-order valence-electron chi connectivity index (χ1n) is 6.42. The predicted molar refractivity (Wildman–Crippen MR) is 68.8 cm³/mol. The summed E-state index contributed by atoms with van der Waals surface area (Å²) in [6.07, 6.45) is 3.07. The van der Waals surface area contributed by atoms with Gasteiger partial charge in [0, 0.05) is 6.04 Å². The van der Waals surface area contributed by atoms with Crippen LogP contribution >= 0.6 is 0 Å². The second-order valence-electron chi connectivity index (χ2n) is 4.63. The van der Waals surface area contributed by atoms with Crippen LogP contribution in [0.2, 0.25) is 0 Å². The number of rotatable bonds is 7. The third-order valence-electron chi connectivity index (χ3n) is 2.89. The minimum absolute atomic E-state index is 0.353. The molecule has 1 aromatic rings. The van der Waals surface area contributed by atoms with Crippen molar-refractivity contribution >= 4 is 5.97 Å². The summed E-state index contributed by atoms with van der Waals surface area (Å²) < 4.78 is 5.53. The van der Waals surface area contributed by atoms with Crippen LogP contribution in [0.25, 0.3) is 0 Å². The highest BCUT2D eigenvalue weighted by molar-refractivity contribution is 5.75. The minimum atomic E-state index is -0.838. The molecule has 18 heavy (non-hydrogen) atoms. The quantitative estimate of drug-likeness (QED) is 0.778. The monoisotopic (exact) mass is 249 g/mol. The molecule has 0 aliphatic heterocycles. The fourth-order valence-electron chi connectivity index (χ4n) is 1.80. The Hall–Kier alpha value is -1.55. The van der Waals surface area contributed by atoms with E-state index in [1.807, 2.05) is 31.2 Å². The largest absolute Gasteiger partial charge is 0.494 e. The van der Waals surface area contributed by atoms with Crippen LogP contribution in [0.3, 0.4) is 0 Å². The third kappa shape index (κ3) is 3.47. The standard InChI is InChI=1S/C14H19NO3/c1-2-8-18-12-5-3-4-10(9-12)13(14(16)17)15-11-6-7-11/h3-5,9,11,13,15H,2,6-8H2,1H3,(H,16,17). The van der Waals surface area contributed by atoms with Crippen molar-refractivity contribution in [1.29, 1.82) is 0 Å². The summed E-state index contributed by atoms with van der Waals surface area (Å²) >= 11 is 0. The van der Waals surface area contributed by atoms with Gasteiger partial charge in [0.2, 0.25) is 0 Å². The summed E-state index contributed by atoms with van der Waals surface area (Å²) in [7, 11) is 0. The van der Waals surface area contributed by atoms with Crippen LogP contribution in [-0.4, -0.2) is 23.7 Å². The highest BCUT2D eigenvalue weighted by Gasteiger charge is 2.29. The van der Waals surface area contributed by atoms with E-state index in [1.165, 1.54) is 0 Å². The summed E-state index contributed by atoms with van der Waals surface area (Å²) in [6.45, 7) is 2.69. The van der Waals surface area contributed by atoms with Gasteiger partial charge in [-0.15, -0.1) is 0 Å². The smallest absolute Gasteiger partial charge is 0.325 e. The van der Waals surface area contributed by atoms with Crippen LogP contribution in [0, 0.1) is 0 Å². The van der Waals surface area contributed by atoms with Crippen LogP contribution in [0.1, 0.15) is 37.8 Å². The summed E-state index contributed by atoms with van der Waals surface area (Å²) in [5, 5.41) is 12.4. The predicted octanol–water partition coefficient (Wildman–Crippen LogP) is 2.35. The summed E-state index contributed by atoms with van der Waals surface area (Å²) in [4.78, 5) is 11.3. The Morgan fingerprint density at radius 3 is 2.94 bits per heavy atom. The molecule has 1 unspecified atom stereocenters. The molecule has 1 aliphatic carbocycles. The molecule has 4 heteroatoms. The van der Waals surface area contributed by atoms with Crippen LogP contribution < -0.4 is 10.1 Å². The van der Waals surface area contributed by atoms with E-state index in [0.717, 1.165) is 30.6 Å².